The minimum absolute atomic E-state index is 0.0697. The highest BCUT2D eigenvalue weighted by Crippen LogP contribution is 2.24. The monoisotopic (exact) mass is 266 g/mol. The Kier molecular flexibility index (Phi) is 3.94. The lowest BCUT2D eigenvalue weighted by atomic mass is 10.1. The van der Waals surface area contributed by atoms with Crippen molar-refractivity contribution < 1.29 is 19.0 Å². The zero-order valence-electron chi connectivity index (χ0n) is 9.38. The van der Waals surface area contributed by atoms with Crippen LogP contribution in [0.1, 0.15) is 10.8 Å². The summed E-state index contributed by atoms with van der Waals surface area (Å²) in [4.78, 5) is 11.8. The van der Waals surface area contributed by atoms with Crippen molar-refractivity contribution >= 4 is 17.3 Å². The van der Waals surface area contributed by atoms with E-state index in [0.717, 1.165) is 0 Å². The molecular formula is C13H11FO3S. The summed E-state index contributed by atoms with van der Waals surface area (Å²) in [5.41, 5.74) is 0. The summed E-state index contributed by atoms with van der Waals surface area (Å²) in [6, 6.07) is 9.45. The summed E-state index contributed by atoms with van der Waals surface area (Å²) in [6.07, 6.45) is 0. The molecule has 18 heavy (non-hydrogen) atoms. The predicted molar refractivity (Wildman–Crippen MR) is 66.6 cm³/mol. The predicted octanol–water partition coefficient (Wildman–Crippen LogP) is 3.13. The van der Waals surface area contributed by atoms with Gasteiger partial charge in [-0.3, -0.25) is 4.79 Å². The number of halogens is 1. The summed E-state index contributed by atoms with van der Waals surface area (Å²) >= 11 is 1.34. The molecule has 2 aromatic rings. The number of benzene rings is 1. The van der Waals surface area contributed by atoms with Gasteiger partial charge in [0, 0.05) is 4.88 Å². The van der Waals surface area contributed by atoms with E-state index in [4.69, 9.17) is 9.84 Å². The summed E-state index contributed by atoms with van der Waals surface area (Å²) in [5, 5.41) is 10.9. The molecule has 1 aromatic carbocycles. The lowest BCUT2D eigenvalue weighted by molar-refractivity contribution is -0.139. The number of hydrogen-bond donors (Lipinski definition) is 1. The molecule has 0 fully saturated rings. The summed E-state index contributed by atoms with van der Waals surface area (Å²) < 4.78 is 18.5. The van der Waals surface area contributed by atoms with Crippen LogP contribution >= 0.6 is 11.3 Å². The molecule has 1 heterocycles. The van der Waals surface area contributed by atoms with E-state index in [2.05, 4.69) is 0 Å². The van der Waals surface area contributed by atoms with Crippen LogP contribution in [-0.4, -0.2) is 17.7 Å². The molecule has 0 bridgehead atoms. The Morgan fingerprint density at radius 3 is 2.72 bits per heavy atom. The molecule has 1 unspecified atom stereocenters. The van der Waals surface area contributed by atoms with Crippen LogP contribution in [0.4, 0.5) is 4.39 Å². The molecular weight excluding hydrogens is 255 g/mol. The quantitative estimate of drug-likeness (QED) is 0.904. The van der Waals surface area contributed by atoms with Crippen LogP contribution in [0, 0.1) is 5.82 Å². The van der Waals surface area contributed by atoms with Crippen LogP contribution in [-0.2, 0) is 4.79 Å². The van der Waals surface area contributed by atoms with Gasteiger partial charge in [-0.15, -0.1) is 11.3 Å². The molecule has 1 aromatic heterocycles. The zero-order chi connectivity index (χ0) is 13.0. The highest BCUT2D eigenvalue weighted by molar-refractivity contribution is 7.10. The molecule has 0 aliphatic rings. The number of para-hydroxylation sites is 1. The van der Waals surface area contributed by atoms with Crippen LogP contribution < -0.4 is 4.74 Å². The largest absolute Gasteiger partial charge is 0.489 e. The van der Waals surface area contributed by atoms with Gasteiger partial charge < -0.3 is 9.84 Å². The number of carboxylic acid groups (broad SMARTS) is 1. The summed E-state index contributed by atoms with van der Waals surface area (Å²) in [5.74, 6) is -2.17. The van der Waals surface area contributed by atoms with Gasteiger partial charge in [-0.25, -0.2) is 4.39 Å². The molecule has 3 nitrogen and oxygen atoms in total. The van der Waals surface area contributed by atoms with Crippen LogP contribution in [0.5, 0.6) is 5.75 Å². The van der Waals surface area contributed by atoms with E-state index in [1.165, 1.54) is 23.5 Å². The first kappa shape index (κ1) is 12.6. The van der Waals surface area contributed by atoms with Gasteiger partial charge in [0.15, 0.2) is 11.6 Å². The van der Waals surface area contributed by atoms with Crippen LogP contribution in [0.3, 0.4) is 0 Å². The third-order valence-corrected chi connectivity index (χ3v) is 3.41. The van der Waals surface area contributed by atoms with Gasteiger partial charge in [-0.2, -0.15) is 0 Å². The Labute approximate surface area is 107 Å². The Hall–Kier alpha value is -1.88. The molecule has 0 aliphatic carbocycles. The van der Waals surface area contributed by atoms with Gasteiger partial charge in [-0.1, -0.05) is 18.2 Å². The van der Waals surface area contributed by atoms with E-state index in [0.29, 0.717) is 4.88 Å². The summed E-state index contributed by atoms with van der Waals surface area (Å²) in [6.45, 7) is -0.0865. The van der Waals surface area contributed by atoms with E-state index in [9.17, 15) is 9.18 Å². The Bertz CT molecular complexity index is 525. The third-order valence-electron chi connectivity index (χ3n) is 2.43. The number of hydrogen-bond acceptors (Lipinski definition) is 3. The molecule has 5 heteroatoms. The average Bonchev–Trinajstić information content (AvgIpc) is 2.85. The molecule has 0 saturated heterocycles. The second kappa shape index (κ2) is 5.64. The fourth-order valence-electron chi connectivity index (χ4n) is 1.50. The van der Waals surface area contributed by atoms with Crippen molar-refractivity contribution in [3.63, 3.8) is 0 Å². The maximum atomic E-state index is 13.3. The number of thiophene rings is 1. The standard InChI is InChI=1S/C13H11FO3S/c14-10-4-1-2-5-11(10)17-8-9(13(15)16)12-6-3-7-18-12/h1-7,9H,8H2,(H,15,16). The van der Waals surface area contributed by atoms with Crippen molar-refractivity contribution in [2.45, 2.75) is 5.92 Å². The van der Waals surface area contributed by atoms with E-state index >= 15 is 0 Å². The molecule has 1 atom stereocenters. The molecule has 1 N–H and O–H groups in total. The SMILES string of the molecule is O=C(O)C(COc1ccccc1F)c1cccs1. The molecule has 0 amide bonds. The van der Waals surface area contributed by atoms with Crippen molar-refractivity contribution in [2.24, 2.45) is 0 Å². The normalized spacial score (nSPS) is 12.1. The van der Waals surface area contributed by atoms with Gasteiger partial charge >= 0.3 is 5.97 Å². The van der Waals surface area contributed by atoms with E-state index in [1.807, 2.05) is 0 Å². The van der Waals surface area contributed by atoms with Crippen molar-refractivity contribution in [2.75, 3.05) is 6.61 Å². The second-order valence-electron chi connectivity index (χ2n) is 3.65. The van der Waals surface area contributed by atoms with Crippen molar-refractivity contribution in [3.8, 4) is 5.75 Å². The van der Waals surface area contributed by atoms with Crippen LogP contribution in [0.25, 0.3) is 0 Å². The average molecular weight is 266 g/mol. The van der Waals surface area contributed by atoms with Crippen molar-refractivity contribution in [1.82, 2.24) is 0 Å². The number of aliphatic carboxylic acids is 1. The van der Waals surface area contributed by atoms with Crippen molar-refractivity contribution in [3.05, 3.63) is 52.5 Å². The fourth-order valence-corrected chi connectivity index (χ4v) is 2.30. The Morgan fingerprint density at radius 1 is 1.33 bits per heavy atom. The first-order chi connectivity index (χ1) is 8.68. The zero-order valence-corrected chi connectivity index (χ0v) is 10.2. The van der Waals surface area contributed by atoms with E-state index in [-0.39, 0.29) is 12.4 Å². The number of carboxylic acids is 1. The topological polar surface area (TPSA) is 46.5 Å². The van der Waals surface area contributed by atoms with E-state index in [1.54, 1.807) is 29.6 Å². The molecule has 0 saturated carbocycles. The first-order valence-corrected chi connectivity index (χ1v) is 6.20. The van der Waals surface area contributed by atoms with Gasteiger partial charge in [-0.05, 0) is 23.6 Å². The van der Waals surface area contributed by atoms with Gasteiger partial charge in [0.05, 0.1) is 0 Å². The number of rotatable bonds is 5. The Morgan fingerprint density at radius 2 is 2.11 bits per heavy atom. The molecule has 0 aliphatic heterocycles. The minimum Gasteiger partial charge on any atom is -0.489 e. The van der Waals surface area contributed by atoms with Crippen LogP contribution in [0.2, 0.25) is 0 Å². The first-order valence-electron chi connectivity index (χ1n) is 5.32. The number of ether oxygens (including phenoxy) is 1. The highest BCUT2D eigenvalue weighted by atomic mass is 32.1. The molecule has 0 radical (unpaired) electrons. The van der Waals surface area contributed by atoms with Gasteiger partial charge in [0.1, 0.15) is 12.5 Å². The summed E-state index contributed by atoms with van der Waals surface area (Å²) in [7, 11) is 0. The maximum Gasteiger partial charge on any atom is 0.315 e. The number of carbonyl (C=O) groups is 1. The lowest BCUT2D eigenvalue weighted by Crippen LogP contribution is -2.18. The fraction of sp³-hybridized carbons (Fsp3) is 0.154. The highest BCUT2D eigenvalue weighted by Gasteiger charge is 2.22. The smallest absolute Gasteiger partial charge is 0.315 e. The Balaban J connectivity index is 2.08. The third kappa shape index (κ3) is 2.87. The second-order valence-corrected chi connectivity index (χ2v) is 4.63. The molecule has 0 spiro atoms. The lowest BCUT2D eigenvalue weighted by Gasteiger charge is -2.12. The molecule has 94 valence electrons. The minimum atomic E-state index is -0.978. The van der Waals surface area contributed by atoms with Crippen molar-refractivity contribution in [1.29, 1.82) is 0 Å². The van der Waals surface area contributed by atoms with E-state index < -0.39 is 17.7 Å². The molecule has 2 rings (SSSR count). The van der Waals surface area contributed by atoms with Gasteiger partial charge in [0.25, 0.3) is 0 Å². The van der Waals surface area contributed by atoms with Gasteiger partial charge in [0.2, 0.25) is 0 Å². The maximum absolute atomic E-state index is 13.3. The van der Waals surface area contributed by atoms with Crippen LogP contribution in [0.15, 0.2) is 41.8 Å².